The van der Waals surface area contributed by atoms with Crippen molar-refractivity contribution in [3.05, 3.63) is 24.0 Å². The molecule has 3 heterocycles. The highest BCUT2D eigenvalue weighted by Gasteiger charge is 2.21. The Labute approximate surface area is 137 Å². The summed E-state index contributed by atoms with van der Waals surface area (Å²) in [4.78, 5) is 20.6. The quantitative estimate of drug-likeness (QED) is 0.816. The summed E-state index contributed by atoms with van der Waals surface area (Å²) in [6.45, 7) is 3.63. The van der Waals surface area contributed by atoms with Gasteiger partial charge < -0.3 is 15.1 Å². The summed E-state index contributed by atoms with van der Waals surface area (Å²) >= 11 is 3.09. The van der Waals surface area contributed by atoms with Gasteiger partial charge in [-0.2, -0.15) is 0 Å². The number of rotatable bonds is 5. The van der Waals surface area contributed by atoms with Crippen molar-refractivity contribution in [2.75, 3.05) is 18.4 Å². The second-order valence-corrected chi connectivity index (χ2v) is 7.48. The van der Waals surface area contributed by atoms with Crippen LogP contribution in [-0.2, 0) is 10.5 Å². The van der Waals surface area contributed by atoms with Crippen molar-refractivity contribution < 1.29 is 9.21 Å². The van der Waals surface area contributed by atoms with E-state index < -0.39 is 0 Å². The summed E-state index contributed by atoms with van der Waals surface area (Å²) in [5.74, 6) is 2.28. The third kappa shape index (κ3) is 4.08. The number of hydrogen-bond donors (Lipinski definition) is 2. The lowest BCUT2D eigenvalue weighted by Crippen LogP contribution is -2.37. The number of hydrogen-bond acceptors (Lipinski definition) is 7. The average Bonchev–Trinajstić information content (AvgIpc) is 3.15. The predicted octanol–water partition coefficient (Wildman–Crippen LogP) is 2.67. The molecule has 2 aromatic heterocycles. The molecule has 0 spiro atoms. The largest absolute Gasteiger partial charge is 0.445 e. The van der Waals surface area contributed by atoms with E-state index in [0.717, 1.165) is 35.9 Å². The zero-order valence-corrected chi connectivity index (χ0v) is 13.9. The molecular formula is C14H18N4O2S2. The zero-order valence-electron chi connectivity index (χ0n) is 12.3. The first-order valence-corrected chi connectivity index (χ1v) is 9.02. The first kappa shape index (κ1) is 15.5. The molecule has 1 saturated heterocycles. The number of nitrogens with one attached hydrogen (secondary N) is 2. The molecule has 2 aromatic rings. The second-order valence-electron chi connectivity index (χ2n) is 5.17. The van der Waals surface area contributed by atoms with Gasteiger partial charge in [-0.1, -0.05) is 11.3 Å². The van der Waals surface area contributed by atoms with Gasteiger partial charge in [0.15, 0.2) is 5.13 Å². The van der Waals surface area contributed by atoms with Crippen LogP contribution in [0.2, 0.25) is 0 Å². The Kier molecular flexibility index (Phi) is 5.12. The molecule has 22 heavy (non-hydrogen) atoms. The minimum atomic E-state index is 0.0454. The maximum absolute atomic E-state index is 12.1. The van der Waals surface area contributed by atoms with Crippen LogP contribution in [0.3, 0.4) is 0 Å². The fraction of sp³-hybridized carbons (Fsp3) is 0.500. The smallest absolute Gasteiger partial charge is 0.230 e. The van der Waals surface area contributed by atoms with Crippen molar-refractivity contribution in [1.29, 1.82) is 0 Å². The molecule has 1 aliphatic rings. The van der Waals surface area contributed by atoms with Gasteiger partial charge in [-0.05, 0) is 26.3 Å². The molecule has 118 valence electrons. The molecule has 2 N–H and O–H groups in total. The van der Waals surface area contributed by atoms with Gasteiger partial charge in [0.1, 0.15) is 5.76 Å². The Morgan fingerprint density at radius 3 is 3.18 bits per heavy atom. The number of carbonyl (C=O) groups is 1. The predicted molar refractivity (Wildman–Crippen MR) is 87.1 cm³/mol. The summed E-state index contributed by atoms with van der Waals surface area (Å²) in [5, 5.41) is 6.81. The number of oxazole rings is 1. The number of aromatic nitrogens is 2. The molecular weight excluding hydrogens is 320 g/mol. The summed E-state index contributed by atoms with van der Waals surface area (Å²) in [5.41, 5.74) is 0. The Morgan fingerprint density at radius 2 is 2.45 bits per heavy atom. The first-order chi connectivity index (χ1) is 10.7. The summed E-state index contributed by atoms with van der Waals surface area (Å²) in [6.07, 6.45) is 5.48. The fourth-order valence-electron chi connectivity index (χ4n) is 2.27. The van der Waals surface area contributed by atoms with Crippen LogP contribution < -0.4 is 10.6 Å². The van der Waals surface area contributed by atoms with Crippen molar-refractivity contribution in [1.82, 2.24) is 15.3 Å². The number of piperidine rings is 1. The van der Waals surface area contributed by atoms with Crippen LogP contribution in [-0.4, -0.2) is 29.0 Å². The maximum atomic E-state index is 12.1. The van der Waals surface area contributed by atoms with E-state index in [0.29, 0.717) is 16.8 Å². The molecule has 0 aromatic carbocycles. The van der Waals surface area contributed by atoms with Crippen molar-refractivity contribution in [3.8, 4) is 0 Å². The van der Waals surface area contributed by atoms with E-state index in [1.165, 1.54) is 11.3 Å². The molecule has 8 heteroatoms. The molecule has 0 saturated carbocycles. The van der Waals surface area contributed by atoms with Crippen LogP contribution in [0.5, 0.6) is 0 Å². The highest BCUT2D eigenvalue weighted by Crippen LogP contribution is 2.30. The third-order valence-corrected chi connectivity index (χ3v) is 5.48. The Balaban J connectivity index is 1.51. The monoisotopic (exact) mass is 338 g/mol. The number of nitrogens with zero attached hydrogens (tertiary/aromatic N) is 2. The maximum Gasteiger partial charge on any atom is 0.230 e. The third-order valence-electron chi connectivity index (χ3n) is 3.39. The molecule has 6 nitrogen and oxygen atoms in total. The van der Waals surface area contributed by atoms with E-state index in [4.69, 9.17) is 4.42 Å². The summed E-state index contributed by atoms with van der Waals surface area (Å²) in [7, 11) is 0. The molecule has 1 aliphatic heterocycles. The van der Waals surface area contributed by atoms with Gasteiger partial charge in [-0.15, -0.1) is 11.8 Å². The first-order valence-electron chi connectivity index (χ1n) is 7.22. The van der Waals surface area contributed by atoms with E-state index in [-0.39, 0.29) is 11.8 Å². The van der Waals surface area contributed by atoms with Crippen LogP contribution in [0.15, 0.2) is 21.0 Å². The van der Waals surface area contributed by atoms with Crippen LogP contribution in [0.25, 0.3) is 0 Å². The van der Waals surface area contributed by atoms with Crippen LogP contribution >= 0.6 is 23.1 Å². The normalized spacial score (nSPS) is 18.3. The van der Waals surface area contributed by atoms with Crippen molar-refractivity contribution in [2.45, 2.75) is 29.7 Å². The Morgan fingerprint density at radius 1 is 1.55 bits per heavy atom. The number of amides is 1. The highest BCUT2D eigenvalue weighted by molar-refractivity contribution is 8.00. The van der Waals surface area contributed by atoms with Gasteiger partial charge in [0.05, 0.1) is 28.3 Å². The number of anilines is 1. The molecule has 1 fully saturated rings. The molecule has 1 amide bonds. The number of aryl methyl sites for hydroxylation is 1. The number of carbonyl (C=O) groups excluding carboxylic acids is 1. The van der Waals surface area contributed by atoms with E-state index in [1.807, 2.05) is 6.92 Å². The SMILES string of the molecule is Cc1cnc(CSc2cnc(NC(=O)C3CCCNC3)s2)o1. The molecule has 0 radical (unpaired) electrons. The minimum Gasteiger partial charge on any atom is -0.445 e. The number of thiazole rings is 1. The molecule has 0 bridgehead atoms. The Bertz CT molecular complexity index is 634. The average molecular weight is 338 g/mol. The fourth-order valence-corrected chi connectivity index (χ4v) is 4.00. The minimum absolute atomic E-state index is 0.0454. The Hall–Kier alpha value is -1.38. The zero-order chi connectivity index (χ0) is 15.4. The van der Waals surface area contributed by atoms with Gasteiger partial charge in [0.2, 0.25) is 11.8 Å². The second kappa shape index (κ2) is 7.26. The lowest BCUT2D eigenvalue weighted by molar-refractivity contribution is -0.120. The van der Waals surface area contributed by atoms with Gasteiger partial charge in [0.25, 0.3) is 0 Å². The lowest BCUT2D eigenvalue weighted by Gasteiger charge is -2.21. The van der Waals surface area contributed by atoms with E-state index in [1.54, 1.807) is 24.2 Å². The van der Waals surface area contributed by atoms with Gasteiger partial charge in [0, 0.05) is 6.54 Å². The molecule has 1 atom stereocenters. The van der Waals surface area contributed by atoms with Gasteiger partial charge in [-0.3, -0.25) is 4.79 Å². The van der Waals surface area contributed by atoms with Gasteiger partial charge >= 0.3 is 0 Å². The summed E-state index contributed by atoms with van der Waals surface area (Å²) in [6, 6.07) is 0. The standard InChI is InChI=1S/C14H18N4O2S2/c1-9-5-16-11(20-9)8-21-12-7-17-14(22-12)18-13(19)10-3-2-4-15-6-10/h5,7,10,15H,2-4,6,8H2,1H3,(H,17,18,19). The van der Waals surface area contributed by atoms with Gasteiger partial charge in [-0.25, -0.2) is 9.97 Å². The van der Waals surface area contributed by atoms with E-state index in [2.05, 4.69) is 20.6 Å². The molecule has 0 aliphatic carbocycles. The van der Waals surface area contributed by atoms with Crippen LogP contribution in [0, 0.1) is 12.8 Å². The highest BCUT2D eigenvalue weighted by atomic mass is 32.2. The van der Waals surface area contributed by atoms with E-state index >= 15 is 0 Å². The van der Waals surface area contributed by atoms with Crippen molar-refractivity contribution in [3.63, 3.8) is 0 Å². The lowest BCUT2D eigenvalue weighted by atomic mass is 9.99. The van der Waals surface area contributed by atoms with Crippen LogP contribution in [0.1, 0.15) is 24.5 Å². The molecule has 1 unspecified atom stereocenters. The van der Waals surface area contributed by atoms with E-state index in [9.17, 15) is 4.79 Å². The molecule has 3 rings (SSSR count). The topological polar surface area (TPSA) is 80.0 Å². The number of thioether (sulfide) groups is 1. The van der Waals surface area contributed by atoms with Crippen LogP contribution in [0.4, 0.5) is 5.13 Å². The van der Waals surface area contributed by atoms with Crippen molar-refractivity contribution >= 4 is 34.1 Å². The van der Waals surface area contributed by atoms with Crippen molar-refractivity contribution in [2.24, 2.45) is 5.92 Å². The summed E-state index contributed by atoms with van der Waals surface area (Å²) < 4.78 is 6.47.